The normalized spacial score (nSPS) is 14.3. The zero-order valence-electron chi connectivity index (χ0n) is 23.8. The van der Waals surface area contributed by atoms with E-state index in [9.17, 15) is 10.1 Å². The fourth-order valence-electron chi connectivity index (χ4n) is 5.29. The summed E-state index contributed by atoms with van der Waals surface area (Å²) in [7, 11) is 1.58. The van der Waals surface area contributed by atoms with Crippen molar-refractivity contribution in [1.82, 2.24) is 0 Å². The highest BCUT2D eigenvalue weighted by atomic mass is 16.5. The number of fused-ring (bicyclic) bond motifs is 2. The van der Waals surface area contributed by atoms with Crippen molar-refractivity contribution in [2.75, 3.05) is 13.7 Å². The number of carbonyl (C=O) groups is 1. The van der Waals surface area contributed by atoms with E-state index in [1.807, 2.05) is 51.1 Å². The number of rotatable bonds is 8. The molecular formula is C33H32N2O6. The summed E-state index contributed by atoms with van der Waals surface area (Å²) in [6.45, 7) is 8.48. The standard InChI is InChI=1S/C33H32N2O6/c1-6-7-12-38-25-11-8-21(15-27(25)37-5)30-23-10-9-22(16-26(23)41-32(35)24(30)17-34)39-33(36)31-20(4)29-19(3)13-18(2)14-28(29)40-31/h8-11,13-16,30H,6-7,12,35H2,1-5H3. The highest BCUT2D eigenvalue weighted by molar-refractivity contribution is 5.98. The van der Waals surface area contributed by atoms with Gasteiger partial charge in [-0.25, -0.2) is 4.79 Å². The van der Waals surface area contributed by atoms with Crippen LogP contribution in [0.5, 0.6) is 23.0 Å². The van der Waals surface area contributed by atoms with Gasteiger partial charge in [-0.2, -0.15) is 5.26 Å². The second-order valence-electron chi connectivity index (χ2n) is 10.1. The zero-order valence-corrected chi connectivity index (χ0v) is 23.8. The smallest absolute Gasteiger partial charge is 0.379 e. The Hall–Kier alpha value is -4.90. The van der Waals surface area contributed by atoms with Crippen LogP contribution in [0.4, 0.5) is 0 Å². The molecular weight excluding hydrogens is 520 g/mol. The van der Waals surface area contributed by atoms with Crippen molar-refractivity contribution in [3.8, 4) is 29.1 Å². The van der Waals surface area contributed by atoms with Crippen LogP contribution < -0.4 is 24.7 Å². The first-order valence-electron chi connectivity index (χ1n) is 13.5. The lowest BCUT2D eigenvalue weighted by molar-refractivity contribution is 0.0702. The number of furan rings is 1. The summed E-state index contributed by atoms with van der Waals surface area (Å²) in [5.74, 6) is 0.807. The Morgan fingerprint density at radius 2 is 1.88 bits per heavy atom. The molecule has 0 amide bonds. The van der Waals surface area contributed by atoms with E-state index in [-0.39, 0.29) is 23.0 Å². The van der Waals surface area contributed by atoms with E-state index in [0.29, 0.717) is 35.0 Å². The molecule has 0 radical (unpaired) electrons. The van der Waals surface area contributed by atoms with Gasteiger partial charge in [0, 0.05) is 22.6 Å². The van der Waals surface area contributed by atoms with E-state index in [0.717, 1.165) is 40.5 Å². The van der Waals surface area contributed by atoms with Gasteiger partial charge >= 0.3 is 5.97 Å². The van der Waals surface area contributed by atoms with Gasteiger partial charge in [-0.3, -0.25) is 0 Å². The summed E-state index contributed by atoms with van der Waals surface area (Å²) in [6, 6.07) is 16.7. The lowest BCUT2D eigenvalue weighted by Gasteiger charge is -2.27. The zero-order chi connectivity index (χ0) is 29.3. The summed E-state index contributed by atoms with van der Waals surface area (Å²) >= 11 is 0. The quantitative estimate of drug-likeness (QED) is 0.141. The molecule has 41 heavy (non-hydrogen) atoms. The van der Waals surface area contributed by atoms with Crippen molar-refractivity contribution >= 4 is 16.9 Å². The Balaban J connectivity index is 1.47. The van der Waals surface area contributed by atoms with Crippen molar-refractivity contribution in [2.24, 2.45) is 5.73 Å². The molecule has 0 fully saturated rings. The maximum absolute atomic E-state index is 13.2. The number of hydrogen-bond acceptors (Lipinski definition) is 8. The molecule has 8 heteroatoms. The van der Waals surface area contributed by atoms with E-state index in [4.69, 9.17) is 29.1 Å². The fourth-order valence-corrected chi connectivity index (χ4v) is 5.29. The van der Waals surface area contributed by atoms with Gasteiger partial charge < -0.3 is 29.1 Å². The minimum absolute atomic E-state index is 0.0188. The van der Waals surface area contributed by atoms with Crippen molar-refractivity contribution in [3.05, 3.63) is 93.6 Å². The molecule has 0 saturated carbocycles. The van der Waals surface area contributed by atoms with E-state index in [1.165, 1.54) is 0 Å². The van der Waals surface area contributed by atoms with Crippen LogP contribution in [0.25, 0.3) is 11.0 Å². The molecule has 1 aromatic heterocycles. The number of esters is 1. The molecule has 5 rings (SSSR count). The summed E-state index contributed by atoms with van der Waals surface area (Å²) in [4.78, 5) is 13.2. The average Bonchev–Trinajstić information content (AvgIpc) is 3.28. The van der Waals surface area contributed by atoms with E-state index < -0.39 is 11.9 Å². The van der Waals surface area contributed by atoms with Gasteiger partial charge in [0.25, 0.3) is 0 Å². The number of unbranched alkanes of at least 4 members (excludes halogenated alkanes) is 1. The van der Waals surface area contributed by atoms with Gasteiger partial charge in [-0.1, -0.05) is 31.5 Å². The number of nitrogens with zero attached hydrogens (tertiary/aromatic N) is 1. The molecule has 0 aliphatic carbocycles. The SMILES string of the molecule is CCCCOc1ccc(C2C(C#N)=C(N)Oc3cc(OC(=O)c4oc5cc(C)cc(C)c5c4C)ccc32)cc1OC. The number of benzene rings is 3. The Bertz CT molecular complexity index is 1730. The summed E-state index contributed by atoms with van der Waals surface area (Å²) in [5.41, 5.74) is 11.4. The number of ether oxygens (including phenoxy) is 4. The molecule has 1 aliphatic heterocycles. The number of allylic oxidation sites excluding steroid dienone is 1. The van der Waals surface area contributed by atoms with Crippen LogP contribution in [0.15, 0.2) is 64.4 Å². The molecule has 0 saturated heterocycles. The Labute approximate surface area is 238 Å². The predicted molar refractivity (Wildman–Crippen MR) is 155 cm³/mol. The van der Waals surface area contributed by atoms with Crippen LogP contribution in [0.1, 0.15) is 64.1 Å². The van der Waals surface area contributed by atoms with Crippen LogP contribution in [0.2, 0.25) is 0 Å². The molecule has 1 unspecified atom stereocenters. The topological polar surface area (TPSA) is 117 Å². The van der Waals surface area contributed by atoms with Gasteiger partial charge in [-0.05, 0) is 68.1 Å². The second kappa shape index (κ2) is 11.3. The number of aryl methyl sites for hydroxylation is 3. The summed E-state index contributed by atoms with van der Waals surface area (Å²) in [6.07, 6.45) is 1.95. The first-order chi connectivity index (χ1) is 19.7. The molecule has 0 bridgehead atoms. The van der Waals surface area contributed by atoms with Crippen LogP contribution in [0, 0.1) is 32.1 Å². The van der Waals surface area contributed by atoms with Crippen molar-refractivity contribution < 1.29 is 28.2 Å². The highest BCUT2D eigenvalue weighted by Crippen LogP contribution is 2.45. The monoisotopic (exact) mass is 552 g/mol. The Morgan fingerprint density at radius 3 is 2.61 bits per heavy atom. The first kappa shape index (κ1) is 27.7. The van der Waals surface area contributed by atoms with Crippen molar-refractivity contribution in [1.29, 1.82) is 5.26 Å². The third-order valence-corrected chi connectivity index (χ3v) is 7.23. The van der Waals surface area contributed by atoms with Crippen LogP contribution in [-0.4, -0.2) is 19.7 Å². The Morgan fingerprint density at radius 1 is 1.07 bits per heavy atom. The van der Waals surface area contributed by atoms with Crippen LogP contribution in [-0.2, 0) is 0 Å². The molecule has 8 nitrogen and oxygen atoms in total. The number of nitriles is 1. The lowest BCUT2D eigenvalue weighted by atomic mass is 9.83. The predicted octanol–water partition coefficient (Wildman–Crippen LogP) is 6.98. The number of nitrogens with two attached hydrogens (primary N) is 1. The second-order valence-corrected chi connectivity index (χ2v) is 10.1. The number of carbonyl (C=O) groups excluding carboxylic acids is 1. The van der Waals surface area contributed by atoms with Crippen LogP contribution in [0.3, 0.4) is 0 Å². The Kier molecular flexibility index (Phi) is 7.62. The van der Waals surface area contributed by atoms with Gasteiger partial charge in [0.15, 0.2) is 11.5 Å². The third kappa shape index (κ3) is 5.19. The maximum Gasteiger partial charge on any atom is 0.379 e. The molecule has 2 N–H and O–H groups in total. The van der Waals surface area contributed by atoms with E-state index in [2.05, 4.69) is 13.0 Å². The average molecular weight is 553 g/mol. The molecule has 4 aromatic rings. The number of methoxy groups -OCH3 is 1. The summed E-state index contributed by atoms with van der Waals surface area (Å²) in [5, 5.41) is 10.9. The van der Waals surface area contributed by atoms with Gasteiger partial charge in [0.2, 0.25) is 11.6 Å². The minimum Gasteiger partial charge on any atom is -0.493 e. The van der Waals surface area contributed by atoms with E-state index >= 15 is 0 Å². The van der Waals surface area contributed by atoms with Gasteiger partial charge in [0.1, 0.15) is 28.7 Å². The van der Waals surface area contributed by atoms with Crippen LogP contribution >= 0.6 is 0 Å². The molecule has 210 valence electrons. The lowest BCUT2D eigenvalue weighted by Crippen LogP contribution is -2.21. The molecule has 2 heterocycles. The third-order valence-electron chi connectivity index (χ3n) is 7.23. The van der Waals surface area contributed by atoms with Gasteiger partial charge in [-0.15, -0.1) is 0 Å². The van der Waals surface area contributed by atoms with E-state index in [1.54, 1.807) is 25.3 Å². The molecule has 0 spiro atoms. The first-order valence-corrected chi connectivity index (χ1v) is 13.5. The molecule has 1 aliphatic rings. The molecule has 1 atom stereocenters. The maximum atomic E-state index is 13.2. The minimum atomic E-state index is -0.618. The van der Waals surface area contributed by atoms with Gasteiger partial charge in [0.05, 0.1) is 19.6 Å². The summed E-state index contributed by atoms with van der Waals surface area (Å²) < 4.78 is 28.9. The van der Waals surface area contributed by atoms with Crippen molar-refractivity contribution in [2.45, 2.75) is 46.5 Å². The number of hydrogen-bond donors (Lipinski definition) is 1. The van der Waals surface area contributed by atoms with Crippen molar-refractivity contribution in [3.63, 3.8) is 0 Å². The largest absolute Gasteiger partial charge is 0.493 e. The highest BCUT2D eigenvalue weighted by Gasteiger charge is 2.32. The fraction of sp³-hybridized carbons (Fsp3) is 0.273. The molecule has 3 aromatic carbocycles.